The number of hydrogen-bond acceptors (Lipinski definition) is 6. The molecule has 5 N–H and O–H groups in total. The fraction of sp³-hybridized carbons (Fsp3) is 0.455. The first kappa shape index (κ1) is 27.1. The Labute approximate surface area is 199 Å². The van der Waals surface area contributed by atoms with Crippen molar-refractivity contribution in [3.63, 3.8) is 0 Å². The summed E-state index contributed by atoms with van der Waals surface area (Å²) < 4.78 is 44.0. The predicted octanol–water partition coefficient (Wildman–Crippen LogP) is 3.82. The summed E-state index contributed by atoms with van der Waals surface area (Å²) in [5, 5.41) is 2.77. The van der Waals surface area contributed by atoms with Crippen LogP contribution in [0.5, 0.6) is 0 Å². The van der Waals surface area contributed by atoms with Crippen molar-refractivity contribution in [3.8, 4) is 0 Å². The van der Waals surface area contributed by atoms with E-state index in [0.717, 1.165) is 23.1 Å². The number of benzene rings is 1. The Kier molecular flexibility index (Phi) is 9.02. The summed E-state index contributed by atoms with van der Waals surface area (Å²) in [7, 11) is 0. The molecule has 0 radical (unpaired) electrons. The maximum atomic E-state index is 13.6. The van der Waals surface area contributed by atoms with E-state index in [1.807, 2.05) is 13.8 Å². The van der Waals surface area contributed by atoms with Gasteiger partial charge in [0.05, 0.1) is 11.3 Å². The zero-order chi connectivity index (χ0) is 25.6. The highest BCUT2D eigenvalue weighted by Crippen LogP contribution is 2.34. The molecule has 0 bridgehead atoms. The number of nitrogens with two attached hydrogens (primary N) is 2. The summed E-state index contributed by atoms with van der Waals surface area (Å²) in [4.78, 5) is 39.0. The Morgan fingerprint density at radius 3 is 2.41 bits per heavy atom. The van der Waals surface area contributed by atoms with Crippen LogP contribution in [0.1, 0.15) is 65.8 Å². The van der Waals surface area contributed by atoms with Gasteiger partial charge in [0.25, 0.3) is 11.8 Å². The SMILES string of the molecule is CCC[C@H](C(=O)NCCC(C)C)N(C(=O)c1snc(C(N)=O)c1N)c1cccc(C(F)(F)F)c1. The molecule has 0 unspecified atom stereocenters. The molecule has 2 aromatic rings. The summed E-state index contributed by atoms with van der Waals surface area (Å²) >= 11 is 0.593. The molecule has 12 heteroatoms. The van der Waals surface area contributed by atoms with Gasteiger partial charge in [0.2, 0.25) is 5.91 Å². The average molecular weight is 500 g/mol. The monoisotopic (exact) mass is 499 g/mol. The molecule has 2 rings (SSSR count). The van der Waals surface area contributed by atoms with Gasteiger partial charge in [-0.3, -0.25) is 19.3 Å². The van der Waals surface area contributed by atoms with Gasteiger partial charge in [-0.1, -0.05) is 33.3 Å². The molecule has 1 aromatic heterocycles. The normalized spacial score (nSPS) is 12.4. The molecular weight excluding hydrogens is 471 g/mol. The standard InChI is InChI=1S/C22H28F3N5O3S/c1-4-6-15(20(32)28-10-9-12(2)3)30(14-8-5-7-13(11-14)22(23,24)25)21(33)18-16(26)17(19(27)31)29-34-18/h5,7-8,11-12,15H,4,6,9-10,26H2,1-3H3,(H2,27,31)(H,28,32)/t15-/m1/s1. The molecular formula is C22H28F3N5O3S. The average Bonchev–Trinajstić information content (AvgIpc) is 3.14. The van der Waals surface area contributed by atoms with E-state index in [2.05, 4.69) is 9.69 Å². The van der Waals surface area contributed by atoms with Crippen LogP contribution in [0.25, 0.3) is 0 Å². The minimum Gasteiger partial charge on any atom is -0.395 e. The van der Waals surface area contributed by atoms with Crippen molar-refractivity contribution in [3.05, 3.63) is 40.4 Å². The lowest BCUT2D eigenvalue weighted by Gasteiger charge is -2.31. The Balaban J connectivity index is 2.59. The lowest BCUT2D eigenvalue weighted by atomic mass is 10.1. The maximum Gasteiger partial charge on any atom is 0.416 e. The second kappa shape index (κ2) is 11.3. The Morgan fingerprint density at radius 1 is 1.21 bits per heavy atom. The number of anilines is 2. The molecule has 34 heavy (non-hydrogen) atoms. The van der Waals surface area contributed by atoms with Gasteiger partial charge < -0.3 is 16.8 Å². The molecule has 0 aliphatic carbocycles. The molecule has 1 heterocycles. The van der Waals surface area contributed by atoms with Crippen molar-refractivity contribution in [1.29, 1.82) is 0 Å². The van der Waals surface area contributed by atoms with Gasteiger partial charge in [0, 0.05) is 12.2 Å². The molecule has 0 fully saturated rings. The maximum absolute atomic E-state index is 13.6. The van der Waals surface area contributed by atoms with E-state index >= 15 is 0 Å². The van der Waals surface area contributed by atoms with Gasteiger partial charge in [0.15, 0.2) is 5.69 Å². The molecule has 1 atom stereocenters. The van der Waals surface area contributed by atoms with Crippen molar-refractivity contribution < 1.29 is 27.6 Å². The highest BCUT2D eigenvalue weighted by Gasteiger charge is 2.36. The number of halogens is 3. The quantitative estimate of drug-likeness (QED) is 0.457. The summed E-state index contributed by atoms with van der Waals surface area (Å²) in [5.41, 5.74) is 9.42. The number of alkyl halides is 3. The highest BCUT2D eigenvalue weighted by molar-refractivity contribution is 7.09. The van der Waals surface area contributed by atoms with Crippen LogP contribution in [-0.4, -0.2) is 34.7 Å². The largest absolute Gasteiger partial charge is 0.416 e. The number of carbonyl (C=O) groups is 3. The van der Waals surface area contributed by atoms with E-state index in [1.54, 1.807) is 6.92 Å². The van der Waals surface area contributed by atoms with Crippen LogP contribution >= 0.6 is 11.5 Å². The predicted molar refractivity (Wildman–Crippen MR) is 124 cm³/mol. The zero-order valence-corrected chi connectivity index (χ0v) is 19.9. The van der Waals surface area contributed by atoms with Crippen LogP contribution in [0.2, 0.25) is 0 Å². The summed E-state index contributed by atoms with van der Waals surface area (Å²) in [6.07, 6.45) is -3.33. The van der Waals surface area contributed by atoms with Gasteiger partial charge in [0.1, 0.15) is 10.9 Å². The third kappa shape index (κ3) is 6.46. The van der Waals surface area contributed by atoms with Gasteiger partial charge in [-0.25, -0.2) is 0 Å². The van der Waals surface area contributed by atoms with Crippen molar-refractivity contribution in [2.24, 2.45) is 11.7 Å². The lowest BCUT2D eigenvalue weighted by molar-refractivity contribution is -0.137. The molecule has 186 valence electrons. The summed E-state index contributed by atoms with van der Waals surface area (Å²) in [6, 6.07) is 3.02. The van der Waals surface area contributed by atoms with E-state index in [9.17, 15) is 27.6 Å². The number of nitrogen functional groups attached to an aromatic ring is 1. The van der Waals surface area contributed by atoms with Crippen LogP contribution in [0, 0.1) is 5.92 Å². The fourth-order valence-electron chi connectivity index (χ4n) is 3.26. The van der Waals surface area contributed by atoms with E-state index in [4.69, 9.17) is 11.5 Å². The highest BCUT2D eigenvalue weighted by atomic mass is 32.1. The van der Waals surface area contributed by atoms with E-state index < -0.39 is 35.5 Å². The first-order valence-electron chi connectivity index (χ1n) is 10.7. The number of aromatic nitrogens is 1. The Bertz CT molecular complexity index is 1040. The molecule has 0 saturated heterocycles. The van der Waals surface area contributed by atoms with Crippen molar-refractivity contribution in [2.45, 2.75) is 52.3 Å². The van der Waals surface area contributed by atoms with Gasteiger partial charge in [-0.2, -0.15) is 17.5 Å². The minimum atomic E-state index is -4.66. The molecule has 1 aromatic carbocycles. The van der Waals surface area contributed by atoms with Crippen molar-refractivity contribution in [1.82, 2.24) is 9.69 Å². The van der Waals surface area contributed by atoms with Gasteiger partial charge in [-0.05, 0) is 48.5 Å². The second-order valence-electron chi connectivity index (χ2n) is 8.14. The Hall–Kier alpha value is -3.15. The number of nitrogens with one attached hydrogen (secondary N) is 1. The van der Waals surface area contributed by atoms with E-state index in [0.29, 0.717) is 36.8 Å². The smallest absolute Gasteiger partial charge is 0.395 e. The fourth-order valence-corrected chi connectivity index (χ4v) is 4.00. The van der Waals surface area contributed by atoms with Gasteiger partial charge in [-0.15, -0.1) is 0 Å². The zero-order valence-electron chi connectivity index (χ0n) is 19.1. The van der Waals surface area contributed by atoms with E-state index in [-0.39, 0.29) is 28.4 Å². The molecule has 0 saturated carbocycles. The number of primary amides is 1. The molecule has 3 amide bonds. The summed E-state index contributed by atoms with van der Waals surface area (Å²) in [6.45, 7) is 6.10. The van der Waals surface area contributed by atoms with Crippen molar-refractivity contribution in [2.75, 3.05) is 17.2 Å². The molecule has 0 aliphatic rings. The molecule has 0 aliphatic heterocycles. The third-order valence-corrected chi connectivity index (χ3v) is 5.87. The Morgan fingerprint density at radius 2 is 1.88 bits per heavy atom. The number of nitrogens with zero attached hydrogens (tertiary/aromatic N) is 2. The lowest BCUT2D eigenvalue weighted by Crippen LogP contribution is -2.50. The number of carbonyl (C=O) groups excluding carboxylic acids is 3. The number of amides is 3. The van der Waals surface area contributed by atoms with Crippen molar-refractivity contribution >= 4 is 40.6 Å². The topological polar surface area (TPSA) is 131 Å². The first-order chi connectivity index (χ1) is 15.9. The number of hydrogen-bond donors (Lipinski definition) is 3. The van der Waals surface area contributed by atoms with Crippen LogP contribution in [-0.2, 0) is 11.0 Å². The number of rotatable bonds is 10. The summed E-state index contributed by atoms with van der Waals surface area (Å²) in [5.74, 6) is -1.99. The van der Waals surface area contributed by atoms with Crippen LogP contribution in [0.3, 0.4) is 0 Å². The van der Waals surface area contributed by atoms with Crippen LogP contribution in [0.15, 0.2) is 24.3 Å². The third-order valence-electron chi connectivity index (χ3n) is 5.02. The van der Waals surface area contributed by atoms with Gasteiger partial charge >= 0.3 is 6.18 Å². The van der Waals surface area contributed by atoms with E-state index in [1.165, 1.54) is 6.07 Å². The van der Waals surface area contributed by atoms with Crippen LogP contribution < -0.4 is 21.7 Å². The second-order valence-corrected chi connectivity index (χ2v) is 8.91. The molecule has 8 nitrogen and oxygen atoms in total. The minimum absolute atomic E-state index is 0.134. The van der Waals surface area contributed by atoms with Crippen LogP contribution in [0.4, 0.5) is 24.5 Å². The first-order valence-corrected chi connectivity index (χ1v) is 11.5. The molecule has 0 spiro atoms.